The second kappa shape index (κ2) is 7.81. The van der Waals surface area contributed by atoms with Gasteiger partial charge >= 0.3 is 0 Å². The van der Waals surface area contributed by atoms with E-state index in [2.05, 4.69) is 26.8 Å². The van der Waals surface area contributed by atoms with E-state index in [1.807, 2.05) is 26.0 Å². The summed E-state index contributed by atoms with van der Waals surface area (Å²) < 4.78 is 5.71. The monoisotopic (exact) mass is 294 g/mol. The van der Waals surface area contributed by atoms with Gasteiger partial charge in [-0.3, -0.25) is 0 Å². The van der Waals surface area contributed by atoms with Crippen molar-refractivity contribution >= 4 is 0 Å². The van der Waals surface area contributed by atoms with Crippen molar-refractivity contribution in [3.05, 3.63) is 29.3 Å². The molecule has 1 aromatic rings. The Morgan fingerprint density at radius 1 is 1.10 bits per heavy atom. The molecular weight excluding hydrogens is 264 g/mol. The number of hydrogen-bond acceptors (Lipinski definition) is 3. The third-order valence-electron chi connectivity index (χ3n) is 3.74. The van der Waals surface area contributed by atoms with Crippen molar-refractivity contribution in [2.24, 2.45) is 0 Å². The van der Waals surface area contributed by atoms with E-state index in [1.54, 1.807) is 0 Å². The number of aliphatic hydroxyl groups excluding tert-OH is 2. The second-order valence-electron chi connectivity index (χ2n) is 6.60. The molecule has 21 heavy (non-hydrogen) atoms. The molecular formula is C18H30O3. The van der Waals surface area contributed by atoms with Crippen molar-refractivity contribution < 1.29 is 14.9 Å². The first kappa shape index (κ1) is 18.0. The zero-order chi connectivity index (χ0) is 16.0. The molecule has 0 fully saturated rings. The minimum Gasteiger partial charge on any atom is -0.494 e. The molecule has 2 atom stereocenters. The van der Waals surface area contributed by atoms with Crippen molar-refractivity contribution in [3.63, 3.8) is 0 Å². The van der Waals surface area contributed by atoms with Gasteiger partial charge in [0, 0.05) is 0 Å². The number of ether oxygens (including phenoxy) is 1. The van der Waals surface area contributed by atoms with E-state index in [9.17, 15) is 10.2 Å². The Balaban J connectivity index is 2.85. The van der Waals surface area contributed by atoms with E-state index < -0.39 is 12.2 Å². The van der Waals surface area contributed by atoms with Crippen LogP contribution in [0.1, 0.15) is 58.6 Å². The highest BCUT2D eigenvalue weighted by molar-refractivity contribution is 5.41. The molecule has 3 nitrogen and oxygen atoms in total. The van der Waals surface area contributed by atoms with Gasteiger partial charge < -0.3 is 14.9 Å². The SMILES string of the molecule is CCOc1ccc(CCC(O)C(O)CC)cc1C(C)(C)C. The summed E-state index contributed by atoms with van der Waals surface area (Å²) in [6.07, 6.45) is 0.632. The highest BCUT2D eigenvalue weighted by Crippen LogP contribution is 2.32. The predicted octanol–water partition coefficient (Wildman–Crippen LogP) is 3.45. The smallest absolute Gasteiger partial charge is 0.123 e. The van der Waals surface area contributed by atoms with E-state index in [1.165, 1.54) is 11.1 Å². The molecule has 0 saturated heterocycles. The lowest BCUT2D eigenvalue weighted by molar-refractivity contribution is 0.0130. The maximum Gasteiger partial charge on any atom is 0.123 e. The topological polar surface area (TPSA) is 49.7 Å². The summed E-state index contributed by atoms with van der Waals surface area (Å²) in [5, 5.41) is 19.5. The van der Waals surface area contributed by atoms with Crippen LogP contribution in [0, 0.1) is 0 Å². The van der Waals surface area contributed by atoms with Gasteiger partial charge in [0.05, 0.1) is 18.8 Å². The van der Waals surface area contributed by atoms with Gasteiger partial charge in [-0.25, -0.2) is 0 Å². The fourth-order valence-corrected chi connectivity index (χ4v) is 2.38. The maximum absolute atomic E-state index is 9.87. The van der Waals surface area contributed by atoms with Crippen LogP contribution in [0.4, 0.5) is 0 Å². The summed E-state index contributed by atoms with van der Waals surface area (Å²) >= 11 is 0. The van der Waals surface area contributed by atoms with Gasteiger partial charge in [-0.1, -0.05) is 39.8 Å². The van der Waals surface area contributed by atoms with Gasteiger partial charge in [0.1, 0.15) is 5.75 Å². The molecule has 3 heteroatoms. The fraction of sp³-hybridized carbons (Fsp3) is 0.667. The average molecular weight is 294 g/mol. The molecule has 1 aromatic carbocycles. The Labute approximate surface area is 129 Å². The largest absolute Gasteiger partial charge is 0.494 e. The molecule has 2 unspecified atom stereocenters. The van der Waals surface area contributed by atoms with Crippen LogP contribution in [0.5, 0.6) is 5.75 Å². The first-order chi connectivity index (χ1) is 9.79. The molecule has 0 saturated carbocycles. The van der Waals surface area contributed by atoms with Crippen LogP contribution < -0.4 is 4.74 Å². The maximum atomic E-state index is 9.87. The van der Waals surface area contributed by atoms with Gasteiger partial charge in [0.2, 0.25) is 0 Å². The molecule has 0 aliphatic rings. The predicted molar refractivity (Wildman–Crippen MR) is 86.9 cm³/mol. The molecule has 0 radical (unpaired) electrons. The summed E-state index contributed by atoms with van der Waals surface area (Å²) in [5.74, 6) is 0.933. The lowest BCUT2D eigenvalue weighted by Crippen LogP contribution is -2.25. The standard InChI is InChI=1S/C18H30O3/c1-6-15(19)16(20)10-8-13-9-11-17(21-7-2)14(12-13)18(3,4)5/h9,11-12,15-16,19-20H,6-8,10H2,1-5H3. The highest BCUT2D eigenvalue weighted by atomic mass is 16.5. The van der Waals surface area contributed by atoms with Gasteiger partial charge in [-0.2, -0.15) is 0 Å². The van der Waals surface area contributed by atoms with Gasteiger partial charge in [-0.05, 0) is 48.8 Å². The Hall–Kier alpha value is -1.06. The van der Waals surface area contributed by atoms with E-state index >= 15 is 0 Å². The lowest BCUT2D eigenvalue weighted by Gasteiger charge is -2.24. The van der Waals surface area contributed by atoms with Crippen LogP contribution in [0.25, 0.3) is 0 Å². The van der Waals surface area contributed by atoms with Crippen molar-refractivity contribution in [2.75, 3.05) is 6.61 Å². The summed E-state index contributed by atoms with van der Waals surface area (Å²) in [6.45, 7) is 11.0. The molecule has 120 valence electrons. The summed E-state index contributed by atoms with van der Waals surface area (Å²) in [4.78, 5) is 0. The van der Waals surface area contributed by atoms with Crippen molar-refractivity contribution in [2.45, 2.75) is 71.5 Å². The molecule has 0 aliphatic heterocycles. The minimum absolute atomic E-state index is 0.0159. The van der Waals surface area contributed by atoms with Crippen LogP contribution in [-0.2, 0) is 11.8 Å². The molecule has 0 aromatic heterocycles. The summed E-state index contributed by atoms with van der Waals surface area (Å²) in [6, 6.07) is 6.23. The molecule has 0 heterocycles. The lowest BCUT2D eigenvalue weighted by atomic mass is 9.84. The highest BCUT2D eigenvalue weighted by Gasteiger charge is 2.20. The number of hydrogen-bond donors (Lipinski definition) is 2. The number of aryl methyl sites for hydroxylation is 1. The van der Waals surface area contributed by atoms with Crippen LogP contribution in [0.15, 0.2) is 18.2 Å². The summed E-state index contributed by atoms with van der Waals surface area (Å²) in [7, 11) is 0. The molecule has 1 rings (SSSR count). The van der Waals surface area contributed by atoms with Crippen LogP contribution in [0.3, 0.4) is 0 Å². The van der Waals surface area contributed by atoms with Crippen LogP contribution >= 0.6 is 0 Å². The quantitative estimate of drug-likeness (QED) is 0.810. The second-order valence-corrected chi connectivity index (χ2v) is 6.60. The van der Waals surface area contributed by atoms with E-state index in [0.717, 1.165) is 12.2 Å². The Bertz CT molecular complexity index is 435. The fourth-order valence-electron chi connectivity index (χ4n) is 2.38. The van der Waals surface area contributed by atoms with Gasteiger partial charge in [0.15, 0.2) is 0 Å². The molecule has 0 amide bonds. The first-order valence-corrected chi connectivity index (χ1v) is 7.91. The Morgan fingerprint density at radius 2 is 1.76 bits per heavy atom. The molecule has 0 aliphatic carbocycles. The zero-order valence-corrected chi connectivity index (χ0v) is 14.0. The van der Waals surface area contributed by atoms with Crippen LogP contribution in [-0.4, -0.2) is 29.0 Å². The third-order valence-corrected chi connectivity index (χ3v) is 3.74. The minimum atomic E-state index is -0.653. The third kappa shape index (κ3) is 5.33. The number of aliphatic hydroxyl groups is 2. The average Bonchev–Trinajstić information content (AvgIpc) is 2.44. The van der Waals surface area contributed by atoms with Gasteiger partial charge in [0.25, 0.3) is 0 Å². The number of benzene rings is 1. The van der Waals surface area contributed by atoms with Crippen molar-refractivity contribution in [1.29, 1.82) is 0 Å². The van der Waals surface area contributed by atoms with E-state index in [-0.39, 0.29) is 5.41 Å². The molecule has 0 spiro atoms. The van der Waals surface area contributed by atoms with E-state index in [4.69, 9.17) is 4.74 Å². The summed E-state index contributed by atoms with van der Waals surface area (Å²) in [5.41, 5.74) is 2.38. The van der Waals surface area contributed by atoms with Gasteiger partial charge in [-0.15, -0.1) is 0 Å². The van der Waals surface area contributed by atoms with Crippen molar-refractivity contribution in [1.82, 2.24) is 0 Å². The molecule has 2 N–H and O–H groups in total. The first-order valence-electron chi connectivity index (χ1n) is 7.91. The zero-order valence-electron chi connectivity index (χ0n) is 14.0. The van der Waals surface area contributed by atoms with Crippen molar-refractivity contribution in [3.8, 4) is 5.75 Å². The molecule has 0 bridgehead atoms. The Kier molecular flexibility index (Phi) is 6.69. The normalized spacial score (nSPS) is 14.8. The van der Waals surface area contributed by atoms with E-state index in [0.29, 0.717) is 19.4 Å². The van der Waals surface area contributed by atoms with Crippen LogP contribution in [0.2, 0.25) is 0 Å². The Morgan fingerprint density at radius 3 is 2.29 bits per heavy atom. The number of rotatable bonds is 7.